The van der Waals surface area contributed by atoms with E-state index in [0.717, 1.165) is 39.2 Å². The van der Waals surface area contributed by atoms with E-state index < -0.39 is 29.5 Å². The topological polar surface area (TPSA) is 57.6 Å². The van der Waals surface area contributed by atoms with Gasteiger partial charge in [-0.05, 0) is 54.4 Å². The van der Waals surface area contributed by atoms with Gasteiger partial charge in [0.25, 0.3) is 11.7 Å². The average molecular weight is 516 g/mol. The average Bonchev–Trinajstić information content (AvgIpc) is 3.04. The number of carbonyl (C=O) groups is 2. The summed E-state index contributed by atoms with van der Waals surface area (Å²) in [4.78, 5) is 27.3. The summed E-state index contributed by atoms with van der Waals surface area (Å²) in [5, 5.41) is 11.1. The summed E-state index contributed by atoms with van der Waals surface area (Å²) in [6, 6.07) is 16.6. The number of aryl methyl sites for hydroxylation is 1. The van der Waals surface area contributed by atoms with Gasteiger partial charge >= 0.3 is 6.18 Å². The van der Waals surface area contributed by atoms with Crippen molar-refractivity contribution in [3.8, 4) is 0 Å². The fourth-order valence-electron chi connectivity index (χ4n) is 3.86. The number of Topliss-reactive ketones (excluding diaryl/α,β-unsaturated/α-hetero) is 1. The molecule has 0 saturated carbocycles. The second-order valence-corrected chi connectivity index (χ2v) is 8.49. The highest BCUT2D eigenvalue weighted by atomic mass is 79.9. The Bertz CT molecular complexity index is 1270. The van der Waals surface area contributed by atoms with Crippen LogP contribution < -0.4 is 4.90 Å². The molecule has 33 heavy (non-hydrogen) atoms. The van der Waals surface area contributed by atoms with E-state index >= 15 is 0 Å². The van der Waals surface area contributed by atoms with Crippen LogP contribution in [0.15, 0.2) is 82.8 Å². The van der Waals surface area contributed by atoms with E-state index in [1.54, 1.807) is 55.5 Å². The number of nitrogens with zero attached hydrogens (tertiary/aromatic N) is 1. The van der Waals surface area contributed by atoms with Gasteiger partial charge in [0.05, 0.1) is 17.2 Å². The number of hydrogen-bond acceptors (Lipinski definition) is 3. The fraction of sp³-hybridized carbons (Fsp3) is 0.120. The Kier molecular flexibility index (Phi) is 5.88. The van der Waals surface area contributed by atoms with Crippen LogP contribution in [0.1, 0.15) is 28.3 Å². The van der Waals surface area contributed by atoms with Crippen molar-refractivity contribution in [2.45, 2.75) is 19.1 Å². The molecular formula is C25H17BrF3NO3. The van der Waals surface area contributed by atoms with Crippen molar-refractivity contribution in [1.82, 2.24) is 0 Å². The largest absolute Gasteiger partial charge is 0.507 e. The lowest BCUT2D eigenvalue weighted by Gasteiger charge is -2.27. The van der Waals surface area contributed by atoms with Gasteiger partial charge in [0.1, 0.15) is 5.76 Å². The summed E-state index contributed by atoms with van der Waals surface area (Å²) in [6.45, 7) is 1.79. The van der Waals surface area contributed by atoms with E-state index in [1.807, 2.05) is 0 Å². The molecule has 1 amide bonds. The van der Waals surface area contributed by atoms with E-state index in [1.165, 1.54) is 0 Å². The first-order chi connectivity index (χ1) is 15.6. The number of carbonyl (C=O) groups excluding carboxylic acids is 2. The van der Waals surface area contributed by atoms with Crippen LogP contribution in [0.4, 0.5) is 18.9 Å². The molecule has 0 bridgehead atoms. The van der Waals surface area contributed by atoms with Gasteiger partial charge in [-0.25, -0.2) is 0 Å². The van der Waals surface area contributed by atoms with Crippen LogP contribution in [0.25, 0.3) is 5.76 Å². The van der Waals surface area contributed by atoms with E-state index in [2.05, 4.69) is 15.9 Å². The van der Waals surface area contributed by atoms with E-state index in [9.17, 15) is 27.9 Å². The molecule has 3 aromatic carbocycles. The maximum atomic E-state index is 13.1. The highest BCUT2D eigenvalue weighted by Crippen LogP contribution is 2.43. The van der Waals surface area contributed by atoms with Crippen LogP contribution in [0.3, 0.4) is 0 Å². The monoisotopic (exact) mass is 515 g/mol. The van der Waals surface area contributed by atoms with Crippen molar-refractivity contribution in [3.05, 3.63) is 105 Å². The van der Waals surface area contributed by atoms with Crippen LogP contribution in [0.5, 0.6) is 0 Å². The molecular weight excluding hydrogens is 499 g/mol. The normalized spacial score (nSPS) is 18.1. The third kappa shape index (κ3) is 4.18. The van der Waals surface area contributed by atoms with Gasteiger partial charge in [0.15, 0.2) is 0 Å². The molecule has 1 aliphatic heterocycles. The first kappa shape index (κ1) is 22.8. The van der Waals surface area contributed by atoms with Gasteiger partial charge in [0.2, 0.25) is 0 Å². The van der Waals surface area contributed by atoms with Crippen molar-refractivity contribution >= 4 is 39.1 Å². The summed E-state index contributed by atoms with van der Waals surface area (Å²) < 4.78 is 39.9. The number of amides is 1. The Morgan fingerprint density at radius 2 is 1.55 bits per heavy atom. The van der Waals surface area contributed by atoms with E-state index in [-0.39, 0.29) is 17.0 Å². The first-order valence-electron chi connectivity index (χ1n) is 9.89. The summed E-state index contributed by atoms with van der Waals surface area (Å²) in [7, 11) is 0. The van der Waals surface area contributed by atoms with Crippen LogP contribution in [-0.2, 0) is 15.8 Å². The quantitative estimate of drug-likeness (QED) is 0.249. The molecule has 1 saturated heterocycles. The van der Waals surface area contributed by atoms with Crippen molar-refractivity contribution < 1.29 is 27.9 Å². The Labute approximate surface area is 196 Å². The fourth-order valence-corrected chi connectivity index (χ4v) is 4.13. The number of halogens is 4. The van der Waals surface area contributed by atoms with Gasteiger partial charge < -0.3 is 5.11 Å². The molecule has 1 unspecified atom stereocenters. The zero-order chi connectivity index (χ0) is 23.9. The lowest BCUT2D eigenvalue weighted by molar-refractivity contribution is -0.137. The molecule has 0 aliphatic carbocycles. The van der Waals surface area contributed by atoms with Crippen molar-refractivity contribution in [1.29, 1.82) is 0 Å². The highest BCUT2D eigenvalue weighted by molar-refractivity contribution is 9.10. The van der Waals surface area contributed by atoms with Gasteiger partial charge in [-0.1, -0.05) is 52.3 Å². The van der Waals surface area contributed by atoms with Crippen LogP contribution in [0.2, 0.25) is 0 Å². The number of aliphatic hydroxyl groups excluding tert-OH is 1. The predicted octanol–water partition coefficient (Wildman–Crippen LogP) is 6.40. The van der Waals surface area contributed by atoms with E-state index in [4.69, 9.17) is 0 Å². The molecule has 1 atom stereocenters. The molecule has 1 heterocycles. The van der Waals surface area contributed by atoms with Gasteiger partial charge in [-0.2, -0.15) is 13.2 Å². The molecule has 3 aromatic rings. The molecule has 168 valence electrons. The number of alkyl halides is 3. The number of ketones is 1. The standard InChI is InChI=1S/C25H17BrF3NO3/c1-14-4-2-3-5-19(14)21-20(22(31)15-6-10-17(26)11-7-15)23(32)24(33)30(21)18-12-8-16(9-13-18)25(27,28)29/h2-13,21,31H,1H3/b22-20+. The highest BCUT2D eigenvalue weighted by Gasteiger charge is 2.47. The molecule has 0 spiro atoms. The summed E-state index contributed by atoms with van der Waals surface area (Å²) in [6.07, 6.45) is -4.54. The Morgan fingerprint density at radius 3 is 2.12 bits per heavy atom. The van der Waals surface area contributed by atoms with E-state index in [0.29, 0.717) is 11.1 Å². The number of aliphatic hydroxyl groups is 1. The van der Waals surface area contributed by atoms with Gasteiger partial charge in [-0.3, -0.25) is 14.5 Å². The molecule has 4 rings (SSSR count). The van der Waals surface area contributed by atoms with Gasteiger partial charge in [-0.15, -0.1) is 0 Å². The molecule has 1 N–H and O–H groups in total. The summed E-state index contributed by atoms with van der Waals surface area (Å²) >= 11 is 3.31. The maximum absolute atomic E-state index is 13.1. The van der Waals surface area contributed by atoms with Gasteiger partial charge in [0, 0.05) is 15.7 Å². The number of hydrogen-bond donors (Lipinski definition) is 1. The molecule has 4 nitrogen and oxygen atoms in total. The second-order valence-electron chi connectivity index (χ2n) is 7.58. The van der Waals surface area contributed by atoms with Crippen LogP contribution in [-0.4, -0.2) is 16.8 Å². The predicted molar refractivity (Wildman–Crippen MR) is 122 cm³/mol. The van der Waals surface area contributed by atoms with Crippen LogP contribution in [0, 0.1) is 6.92 Å². The molecule has 1 fully saturated rings. The second kappa shape index (κ2) is 8.51. The first-order valence-corrected chi connectivity index (χ1v) is 10.7. The third-order valence-corrected chi connectivity index (χ3v) is 6.05. The number of benzene rings is 3. The van der Waals surface area contributed by atoms with Crippen molar-refractivity contribution in [2.24, 2.45) is 0 Å². The Hall–Kier alpha value is -3.39. The SMILES string of the molecule is Cc1ccccc1C1/C(=C(\O)c2ccc(Br)cc2)C(=O)C(=O)N1c1ccc(C(F)(F)F)cc1. The lowest BCUT2D eigenvalue weighted by Crippen LogP contribution is -2.29. The Balaban J connectivity index is 1.92. The van der Waals surface area contributed by atoms with Crippen LogP contribution >= 0.6 is 15.9 Å². The summed E-state index contributed by atoms with van der Waals surface area (Å²) in [5.74, 6) is -2.20. The lowest BCUT2D eigenvalue weighted by atomic mass is 9.92. The minimum absolute atomic E-state index is 0.119. The summed E-state index contributed by atoms with van der Waals surface area (Å²) in [5.41, 5.74) is 0.787. The molecule has 8 heteroatoms. The molecule has 1 aliphatic rings. The zero-order valence-electron chi connectivity index (χ0n) is 17.2. The van der Waals surface area contributed by atoms with Crippen molar-refractivity contribution in [3.63, 3.8) is 0 Å². The number of anilines is 1. The van der Waals surface area contributed by atoms with Crippen molar-refractivity contribution in [2.75, 3.05) is 4.90 Å². The number of rotatable bonds is 3. The minimum Gasteiger partial charge on any atom is -0.507 e. The molecule has 0 aromatic heterocycles. The molecule has 0 radical (unpaired) electrons. The smallest absolute Gasteiger partial charge is 0.416 e. The third-order valence-electron chi connectivity index (χ3n) is 5.52. The zero-order valence-corrected chi connectivity index (χ0v) is 18.8. The minimum atomic E-state index is -4.54. The maximum Gasteiger partial charge on any atom is 0.416 e. The Morgan fingerprint density at radius 1 is 0.939 bits per heavy atom.